The molecule has 1 saturated heterocycles. The van der Waals surface area contributed by atoms with Gasteiger partial charge in [0.1, 0.15) is 6.10 Å². The summed E-state index contributed by atoms with van der Waals surface area (Å²) in [6, 6.07) is 0. The molecule has 0 radical (unpaired) electrons. The third kappa shape index (κ3) is 2.20. The van der Waals surface area contributed by atoms with Crippen molar-refractivity contribution in [3.8, 4) is 0 Å². The normalized spacial score (nSPS) is 44.2. The Balaban J connectivity index is 1.82. The highest BCUT2D eigenvalue weighted by Crippen LogP contribution is 2.56. The van der Waals surface area contributed by atoms with Crippen molar-refractivity contribution in [2.45, 2.75) is 45.1 Å². The van der Waals surface area contributed by atoms with Crippen molar-refractivity contribution < 1.29 is 9.53 Å². The van der Waals surface area contributed by atoms with E-state index < -0.39 is 0 Å². The second kappa shape index (κ2) is 4.87. The molecule has 3 heteroatoms. The highest BCUT2D eigenvalue weighted by molar-refractivity contribution is 5.75. The zero-order valence-electron chi connectivity index (χ0n) is 13.0. The Morgan fingerprint density at radius 3 is 2.90 bits per heavy atom. The Labute approximate surface area is 122 Å². The number of ether oxygens (including phenoxy) is 1. The smallest absolute Gasteiger partial charge is 0.310 e. The average Bonchev–Trinajstić information content (AvgIpc) is 2.62. The summed E-state index contributed by atoms with van der Waals surface area (Å²) < 4.78 is 5.73. The third-order valence-corrected chi connectivity index (χ3v) is 5.88. The lowest BCUT2D eigenvalue weighted by atomic mass is 9.55. The van der Waals surface area contributed by atoms with E-state index in [0.29, 0.717) is 17.3 Å². The van der Waals surface area contributed by atoms with E-state index >= 15 is 0 Å². The van der Waals surface area contributed by atoms with Crippen molar-refractivity contribution in [1.29, 1.82) is 0 Å². The van der Waals surface area contributed by atoms with Crippen molar-refractivity contribution in [2.24, 2.45) is 23.2 Å². The van der Waals surface area contributed by atoms with Crippen molar-refractivity contribution in [1.82, 2.24) is 4.90 Å². The molecule has 0 amide bonds. The number of nitrogens with zero attached hydrogens (tertiary/aromatic N) is 1. The number of hydrogen-bond donors (Lipinski definition) is 0. The molecule has 2 aliphatic carbocycles. The summed E-state index contributed by atoms with van der Waals surface area (Å²) >= 11 is 0. The Morgan fingerprint density at radius 1 is 1.45 bits per heavy atom. The molecular formula is C17H27NO2. The van der Waals surface area contributed by atoms with Crippen LogP contribution in [0, 0.1) is 23.2 Å². The predicted molar refractivity (Wildman–Crippen MR) is 79.2 cm³/mol. The van der Waals surface area contributed by atoms with Crippen LogP contribution in [0.3, 0.4) is 0 Å². The standard InChI is InChI=1S/C17H27NO2/c1-11-6-5-7-17(2)9-15-12(8-14(11)17)13(10-18(3)4)16(19)20-15/h12-15H,1,5-10H2,2-4H3/t12-,13-,14+,15-,17+/m0/s1. The van der Waals surface area contributed by atoms with Gasteiger partial charge in [-0.25, -0.2) is 0 Å². The van der Waals surface area contributed by atoms with Gasteiger partial charge in [0.05, 0.1) is 5.92 Å². The van der Waals surface area contributed by atoms with E-state index in [1.165, 1.54) is 24.8 Å². The van der Waals surface area contributed by atoms with Gasteiger partial charge < -0.3 is 9.64 Å². The molecule has 0 unspecified atom stereocenters. The number of carbonyl (C=O) groups excluding carboxylic acids is 1. The maximum absolute atomic E-state index is 12.2. The van der Waals surface area contributed by atoms with E-state index in [-0.39, 0.29) is 18.0 Å². The van der Waals surface area contributed by atoms with E-state index in [9.17, 15) is 4.79 Å². The molecule has 0 bridgehead atoms. The van der Waals surface area contributed by atoms with Gasteiger partial charge in [0.25, 0.3) is 0 Å². The van der Waals surface area contributed by atoms with E-state index in [1.54, 1.807) is 0 Å². The maximum atomic E-state index is 12.2. The zero-order valence-corrected chi connectivity index (χ0v) is 13.0. The molecule has 5 atom stereocenters. The minimum Gasteiger partial charge on any atom is -0.462 e. The van der Waals surface area contributed by atoms with Gasteiger partial charge in [0.2, 0.25) is 0 Å². The van der Waals surface area contributed by atoms with Crippen LogP contribution in [-0.4, -0.2) is 37.6 Å². The predicted octanol–water partition coefficient (Wildman–Crippen LogP) is 2.86. The van der Waals surface area contributed by atoms with Gasteiger partial charge in [-0.1, -0.05) is 19.1 Å². The highest BCUT2D eigenvalue weighted by atomic mass is 16.6. The monoisotopic (exact) mass is 277 g/mol. The summed E-state index contributed by atoms with van der Waals surface area (Å²) in [4.78, 5) is 14.3. The molecular weight excluding hydrogens is 250 g/mol. The largest absolute Gasteiger partial charge is 0.462 e. The van der Waals surface area contributed by atoms with Crippen LogP contribution in [-0.2, 0) is 9.53 Å². The van der Waals surface area contributed by atoms with Gasteiger partial charge in [0.15, 0.2) is 0 Å². The molecule has 0 aromatic carbocycles. The van der Waals surface area contributed by atoms with E-state index in [4.69, 9.17) is 4.74 Å². The molecule has 0 aromatic heterocycles. The van der Waals surface area contributed by atoms with Crippen LogP contribution < -0.4 is 0 Å². The first-order chi connectivity index (χ1) is 9.40. The summed E-state index contributed by atoms with van der Waals surface area (Å²) in [5.74, 6) is 1.09. The minimum absolute atomic E-state index is 0.0292. The second-order valence-corrected chi connectivity index (χ2v) is 7.67. The van der Waals surface area contributed by atoms with E-state index in [1.807, 2.05) is 14.1 Å². The van der Waals surface area contributed by atoms with Gasteiger partial charge >= 0.3 is 5.97 Å². The number of rotatable bonds is 2. The highest BCUT2D eigenvalue weighted by Gasteiger charge is 2.54. The zero-order chi connectivity index (χ0) is 14.5. The van der Waals surface area contributed by atoms with Crippen LogP contribution in [0.2, 0.25) is 0 Å². The number of esters is 1. The van der Waals surface area contributed by atoms with E-state index in [2.05, 4.69) is 18.4 Å². The quantitative estimate of drug-likeness (QED) is 0.574. The van der Waals surface area contributed by atoms with E-state index in [0.717, 1.165) is 19.4 Å². The SMILES string of the molecule is C=C1CCC[C@]2(C)C[C@@H]3OC(=O)[C@@H](CN(C)C)[C@@H]3C[C@H]12. The number of carbonyl (C=O) groups is 1. The van der Waals surface area contributed by atoms with Crippen LogP contribution in [0.25, 0.3) is 0 Å². The first-order valence-electron chi connectivity index (χ1n) is 7.93. The molecule has 3 fully saturated rings. The molecule has 3 nitrogen and oxygen atoms in total. The molecule has 2 saturated carbocycles. The molecule has 112 valence electrons. The molecule has 3 rings (SSSR count). The molecule has 1 aliphatic heterocycles. The fraction of sp³-hybridized carbons (Fsp3) is 0.824. The van der Waals surface area contributed by atoms with Crippen LogP contribution in [0.4, 0.5) is 0 Å². The maximum Gasteiger partial charge on any atom is 0.310 e. The fourth-order valence-electron chi connectivity index (χ4n) is 4.86. The Hall–Kier alpha value is -0.830. The molecule has 1 heterocycles. The van der Waals surface area contributed by atoms with Gasteiger partial charge in [-0.05, 0) is 57.5 Å². The van der Waals surface area contributed by atoms with Crippen molar-refractivity contribution in [3.63, 3.8) is 0 Å². The summed E-state index contributed by atoms with van der Waals surface area (Å²) in [7, 11) is 4.07. The molecule has 0 aromatic rings. The number of fused-ring (bicyclic) bond motifs is 2. The summed E-state index contributed by atoms with van der Waals surface area (Å²) in [6.07, 6.45) is 5.97. The summed E-state index contributed by atoms with van der Waals surface area (Å²) in [6.45, 7) is 7.52. The summed E-state index contributed by atoms with van der Waals surface area (Å²) in [5.41, 5.74) is 1.73. The topological polar surface area (TPSA) is 29.5 Å². The first-order valence-corrected chi connectivity index (χ1v) is 7.93. The molecule has 20 heavy (non-hydrogen) atoms. The average molecular weight is 277 g/mol. The minimum atomic E-state index is 0.0292. The first kappa shape index (κ1) is 14.1. The number of allylic oxidation sites excluding steroid dienone is 1. The second-order valence-electron chi connectivity index (χ2n) is 7.67. The molecule has 0 N–H and O–H groups in total. The van der Waals surface area contributed by atoms with Crippen LogP contribution >= 0.6 is 0 Å². The lowest BCUT2D eigenvalue weighted by Crippen LogP contribution is -2.45. The molecule has 3 aliphatic rings. The van der Waals surface area contributed by atoms with Gasteiger partial charge in [0, 0.05) is 12.5 Å². The Kier molecular flexibility index (Phi) is 3.44. The molecule has 0 spiro atoms. The fourth-order valence-corrected chi connectivity index (χ4v) is 4.86. The van der Waals surface area contributed by atoms with Crippen molar-refractivity contribution in [2.75, 3.05) is 20.6 Å². The van der Waals surface area contributed by atoms with Crippen LogP contribution in [0.15, 0.2) is 12.2 Å². The lowest BCUT2D eigenvalue weighted by molar-refractivity contribution is -0.146. The van der Waals surface area contributed by atoms with Crippen molar-refractivity contribution in [3.05, 3.63) is 12.2 Å². The number of hydrogen-bond acceptors (Lipinski definition) is 3. The summed E-state index contributed by atoms with van der Waals surface area (Å²) in [5, 5.41) is 0. The van der Waals surface area contributed by atoms with Crippen LogP contribution in [0.1, 0.15) is 39.0 Å². The Bertz CT molecular complexity index is 431. The van der Waals surface area contributed by atoms with Gasteiger partial charge in [-0.3, -0.25) is 4.79 Å². The van der Waals surface area contributed by atoms with Crippen LogP contribution in [0.5, 0.6) is 0 Å². The van der Waals surface area contributed by atoms with Gasteiger partial charge in [-0.15, -0.1) is 0 Å². The Morgan fingerprint density at radius 2 is 2.20 bits per heavy atom. The third-order valence-electron chi connectivity index (χ3n) is 5.88. The van der Waals surface area contributed by atoms with Crippen molar-refractivity contribution >= 4 is 5.97 Å². The lowest BCUT2D eigenvalue weighted by Gasteiger charge is -2.50. The van der Waals surface area contributed by atoms with Gasteiger partial charge in [-0.2, -0.15) is 0 Å².